The summed E-state index contributed by atoms with van der Waals surface area (Å²) >= 11 is 6.92. The summed E-state index contributed by atoms with van der Waals surface area (Å²) in [5.41, 5.74) is 2.45. The Hall–Kier alpha value is -1.13. The van der Waals surface area contributed by atoms with E-state index in [1.807, 2.05) is 6.07 Å². The third-order valence-electron chi connectivity index (χ3n) is 1.99. The number of nitrogens with one attached hydrogen (secondary N) is 1. The van der Waals surface area contributed by atoms with Crippen LogP contribution in [0.2, 0.25) is 5.15 Å². The number of nitrogens with zero attached hydrogens (tertiary/aromatic N) is 2. The van der Waals surface area contributed by atoms with Gasteiger partial charge in [-0.15, -0.1) is 0 Å². The van der Waals surface area contributed by atoms with Crippen LogP contribution in [-0.2, 0) is 6.54 Å². The van der Waals surface area contributed by atoms with Crippen LogP contribution < -0.4 is 5.32 Å². The van der Waals surface area contributed by atoms with Crippen molar-refractivity contribution in [1.29, 1.82) is 0 Å². The van der Waals surface area contributed by atoms with E-state index in [1.165, 1.54) is 11.1 Å². The SMILES string of the molecule is Cc1cccc(CNc2nsnc2Cl)c1. The highest BCUT2D eigenvalue weighted by molar-refractivity contribution is 6.99. The van der Waals surface area contributed by atoms with Gasteiger partial charge in [0, 0.05) is 6.54 Å². The number of aromatic nitrogens is 2. The Morgan fingerprint density at radius 3 is 2.93 bits per heavy atom. The Morgan fingerprint density at radius 2 is 2.27 bits per heavy atom. The van der Waals surface area contributed by atoms with Crippen molar-refractivity contribution >= 4 is 29.1 Å². The summed E-state index contributed by atoms with van der Waals surface area (Å²) in [6, 6.07) is 8.29. The van der Waals surface area contributed by atoms with Crippen LogP contribution in [0, 0.1) is 6.92 Å². The highest BCUT2D eigenvalue weighted by atomic mass is 35.5. The van der Waals surface area contributed by atoms with Gasteiger partial charge in [0.2, 0.25) is 0 Å². The average Bonchev–Trinajstić information content (AvgIpc) is 2.61. The Labute approximate surface area is 97.4 Å². The van der Waals surface area contributed by atoms with Crippen molar-refractivity contribution in [2.75, 3.05) is 5.32 Å². The van der Waals surface area contributed by atoms with Crippen molar-refractivity contribution in [1.82, 2.24) is 8.75 Å². The van der Waals surface area contributed by atoms with Gasteiger partial charge in [-0.25, -0.2) is 0 Å². The van der Waals surface area contributed by atoms with Gasteiger partial charge < -0.3 is 5.32 Å². The summed E-state index contributed by atoms with van der Waals surface area (Å²) in [6.45, 7) is 2.79. The first-order valence-corrected chi connectivity index (χ1v) is 5.64. The quantitative estimate of drug-likeness (QED) is 0.895. The lowest BCUT2D eigenvalue weighted by Crippen LogP contribution is -2.00. The maximum atomic E-state index is 5.81. The molecule has 5 heteroatoms. The molecule has 1 aromatic heterocycles. The first-order valence-electron chi connectivity index (χ1n) is 4.53. The third-order valence-corrected chi connectivity index (χ3v) is 2.88. The maximum Gasteiger partial charge on any atom is 0.186 e. The number of anilines is 1. The van der Waals surface area contributed by atoms with E-state index >= 15 is 0 Å². The van der Waals surface area contributed by atoms with Gasteiger partial charge in [-0.2, -0.15) is 8.75 Å². The van der Waals surface area contributed by atoms with Crippen molar-refractivity contribution in [2.45, 2.75) is 13.5 Å². The van der Waals surface area contributed by atoms with Crippen LogP contribution in [-0.4, -0.2) is 8.75 Å². The second kappa shape index (κ2) is 4.59. The van der Waals surface area contributed by atoms with Gasteiger partial charge in [0.05, 0.1) is 11.7 Å². The lowest BCUT2D eigenvalue weighted by Gasteiger charge is -2.03. The van der Waals surface area contributed by atoms with E-state index in [0.717, 1.165) is 11.7 Å². The second-order valence-electron chi connectivity index (χ2n) is 3.25. The van der Waals surface area contributed by atoms with Crippen LogP contribution >= 0.6 is 23.3 Å². The molecule has 0 aliphatic rings. The van der Waals surface area contributed by atoms with Crippen LogP contribution in [0.1, 0.15) is 11.1 Å². The van der Waals surface area contributed by atoms with Gasteiger partial charge in [-0.3, -0.25) is 0 Å². The molecule has 0 fully saturated rings. The molecule has 0 atom stereocenters. The molecule has 0 saturated heterocycles. The molecule has 1 heterocycles. The molecule has 78 valence electrons. The number of hydrogen-bond acceptors (Lipinski definition) is 4. The summed E-state index contributed by atoms with van der Waals surface area (Å²) in [5, 5.41) is 3.58. The number of benzene rings is 1. The molecule has 2 aromatic rings. The van der Waals surface area contributed by atoms with Crippen LogP contribution in [0.5, 0.6) is 0 Å². The minimum atomic E-state index is 0.438. The molecule has 1 N–H and O–H groups in total. The fourth-order valence-corrected chi connectivity index (χ4v) is 1.97. The summed E-state index contributed by atoms with van der Waals surface area (Å²) in [6.07, 6.45) is 0. The molecule has 0 radical (unpaired) electrons. The smallest absolute Gasteiger partial charge is 0.186 e. The molecule has 2 rings (SSSR count). The summed E-state index contributed by atoms with van der Waals surface area (Å²) in [5.74, 6) is 0.656. The molecule has 3 nitrogen and oxygen atoms in total. The van der Waals surface area contributed by atoms with E-state index in [2.05, 4.69) is 39.2 Å². The molecular weight excluding hydrogens is 230 g/mol. The monoisotopic (exact) mass is 239 g/mol. The Balaban J connectivity index is 2.02. The minimum absolute atomic E-state index is 0.438. The van der Waals surface area contributed by atoms with Gasteiger partial charge in [-0.05, 0) is 12.5 Å². The van der Waals surface area contributed by atoms with Crippen LogP contribution in [0.3, 0.4) is 0 Å². The Kier molecular flexibility index (Phi) is 3.18. The highest BCUT2D eigenvalue weighted by Gasteiger charge is 2.03. The number of aryl methyl sites for hydroxylation is 1. The van der Waals surface area contributed by atoms with Gasteiger partial charge in [0.25, 0.3) is 0 Å². The van der Waals surface area contributed by atoms with Crippen LogP contribution in [0.4, 0.5) is 5.82 Å². The molecular formula is C10H10ClN3S. The predicted molar refractivity (Wildman–Crippen MR) is 63.4 cm³/mol. The highest BCUT2D eigenvalue weighted by Crippen LogP contribution is 2.18. The summed E-state index contributed by atoms with van der Waals surface area (Å²) in [4.78, 5) is 0. The first-order chi connectivity index (χ1) is 7.25. The topological polar surface area (TPSA) is 37.8 Å². The van der Waals surface area contributed by atoms with Crippen molar-refractivity contribution < 1.29 is 0 Å². The largest absolute Gasteiger partial charge is 0.363 e. The lowest BCUT2D eigenvalue weighted by molar-refractivity contribution is 1.12. The molecule has 0 spiro atoms. The van der Waals surface area contributed by atoms with E-state index in [4.69, 9.17) is 11.6 Å². The minimum Gasteiger partial charge on any atom is -0.363 e. The van der Waals surface area contributed by atoms with Crippen molar-refractivity contribution in [2.24, 2.45) is 0 Å². The molecule has 0 bridgehead atoms. The number of rotatable bonds is 3. The molecule has 15 heavy (non-hydrogen) atoms. The summed E-state index contributed by atoms with van der Waals surface area (Å²) in [7, 11) is 0. The third kappa shape index (κ3) is 2.67. The Bertz CT molecular complexity index is 455. The molecule has 0 saturated carbocycles. The fourth-order valence-electron chi connectivity index (χ4n) is 1.29. The fraction of sp³-hybridized carbons (Fsp3) is 0.200. The normalized spacial score (nSPS) is 10.3. The van der Waals surface area contributed by atoms with Crippen molar-refractivity contribution in [3.05, 3.63) is 40.5 Å². The second-order valence-corrected chi connectivity index (χ2v) is 4.13. The van der Waals surface area contributed by atoms with Crippen LogP contribution in [0.25, 0.3) is 0 Å². The standard InChI is InChI=1S/C10H10ClN3S/c1-7-3-2-4-8(5-7)6-12-10-9(11)13-15-14-10/h2-5H,6H2,1H3,(H,12,14). The molecule has 0 amide bonds. The van der Waals surface area contributed by atoms with Gasteiger partial charge in [-0.1, -0.05) is 41.4 Å². The lowest BCUT2D eigenvalue weighted by atomic mass is 10.1. The molecule has 0 aliphatic heterocycles. The number of hydrogen-bond donors (Lipinski definition) is 1. The zero-order valence-corrected chi connectivity index (χ0v) is 9.77. The predicted octanol–water partition coefficient (Wildman–Crippen LogP) is 3.11. The average molecular weight is 240 g/mol. The van der Waals surface area contributed by atoms with Gasteiger partial charge >= 0.3 is 0 Å². The van der Waals surface area contributed by atoms with E-state index in [1.54, 1.807) is 0 Å². The molecule has 0 aliphatic carbocycles. The van der Waals surface area contributed by atoms with Gasteiger partial charge in [0.1, 0.15) is 0 Å². The maximum absolute atomic E-state index is 5.81. The van der Waals surface area contributed by atoms with Crippen molar-refractivity contribution in [3.8, 4) is 0 Å². The molecule has 0 unspecified atom stereocenters. The van der Waals surface area contributed by atoms with E-state index in [9.17, 15) is 0 Å². The first kappa shape index (κ1) is 10.4. The van der Waals surface area contributed by atoms with Crippen LogP contribution in [0.15, 0.2) is 24.3 Å². The van der Waals surface area contributed by atoms with E-state index in [0.29, 0.717) is 17.5 Å². The van der Waals surface area contributed by atoms with E-state index in [-0.39, 0.29) is 0 Å². The van der Waals surface area contributed by atoms with E-state index < -0.39 is 0 Å². The zero-order chi connectivity index (χ0) is 10.7. The van der Waals surface area contributed by atoms with Gasteiger partial charge in [0.15, 0.2) is 11.0 Å². The van der Waals surface area contributed by atoms with Crippen molar-refractivity contribution in [3.63, 3.8) is 0 Å². The number of halogens is 1. The zero-order valence-electron chi connectivity index (χ0n) is 8.20. The molecule has 1 aromatic carbocycles. The summed E-state index contributed by atoms with van der Waals surface area (Å²) < 4.78 is 7.92. The Morgan fingerprint density at radius 1 is 1.40 bits per heavy atom.